The van der Waals surface area contributed by atoms with Crippen LogP contribution in [0, 0.1) is 0 Å². The van der Waals surface area contributed by atoms with E-state index in [1.54, 1.807) is 0 Å². The number of hydrogen-bond acceptors (Lipinski definition) is 2. The van der Waals surface area contributed by atoms with Crippen molar-refractivity contribution in [1.29, 1.82) is 0 Å². The number of nitrogens with zero attached hydrogens (tertiary/aromatic N) is 1. The van der Waals surface area contributed by atoms with Crippen LogP contribution in [-0.2, 0) is 6.42 Å². The summed E-state index contributed by atoms with van der Waals surface area (Å²) in [6.07, 6.45) is 1.04. The van der Waals surface area contributed by atoms with Crippen molar-refractivity contribution in [3.63, 3.8) is 0 Å². The molecule has 0 saturated carbocycles. The third kappa shape index (κ3) is 1.66. The maximum Gasteiger partial charge on any atom is 0.122 e. The summed E-state index contributed by atoms with van der Waals surface area (Å²) in [5.74, 6) is 1.05. The summed E-state index contributed by atoms with van der Waals surface area (Å²) >= 11 is 3.43. The van der Waals surface area contributed by atoms with Crippen LogP contribution in [0.25, 0.3) is 0 Å². The molecule has 13 heavy (non-hydrogen) atoms. The summed E-state index contributed by atoms with van der Waals surface area (Å²) in [5.41, 5.74) is 3.42. The van der Waals surface area contributed by atoms with Crippen LogP contribution in [0.15, 0.2) is 18.2 Å². The third-order valence-corrected chi connectivity index (χ3v) is 3.05. The highest BCUT2D eigenvalue weighted by Crippen LogP contribution is 2.29. The molecule has 0 spiro atoms. The smallest absolute Gasteiger partial charge is 0.122 e. The molecule has 0 saturated heterocycles. The van der Waals surface area contributed by atoms with Crippen LogP contribution in [0.5, 0.6) is 5.75 Å². The zero-order valence-corrected chi connectivity index (χ0v) is 9.17. The number of alkyl halides is 1. The molecule has 0 fully saturated rings. The first-order valence-electron chi connectivity index (χ1n) is 4.34. The van der Waals surface area contributed by atoms with Crippen LogP contribution < -0.4 is 9.64 Å². The largest absolute Gasteiger partial charge is 0.493 e. The highest BCUT2D eigenvalue weighted by atomic mass is 79.9. The first-order valence-corrected chi connectivity index (χ1v) is 5.46. The molecule has 0 aliphatic carbocycles. The fourth-order valence-corrected chi connectivity index (χ4v) is 1.77. The molecule has 0 N–H and O–H groups in total. The molecule has 0 amide bonds. The Bertz CT molecular complexity index is 314. The predicted molar refractivity (Wildman–Crippen MR) is 57.8 cm³/mol. The van der Waals surface area contributed by atoms with E-state index in [-0.39, 0.29) is 0 Å². The maximum absolute atomic E-state index is 5.44. The Hall–Kier alpha value is -0.700. The molecule has 0 aromatic heterocycles. The number of rotatable bonds is 2. The molecule has 0 unspecified atom stereocenters. The SMILES string of the molecule is CN(CBr)c1ccc2c(c1)CCO2. The number of fused-ring (bicyclic) bond motifs is 1. The quantitative estimate of drug-likeness (QED) is 0.583. The Morgan fingerprint density at radius 1 is 1.54 bits per heavy atom. The second kappa shape index (κ2) is 3.58. The first kappa shape index (κ1) is 8.88. The van der Waals surface area contributed by atoms with Crippen molar-refractivity contribution < 1.29 is 4.74 Å². The molecule has 1 aliphatic heterocycles. The van der Waals surface area contributed by atoms with Gasteiger partial charge >= 0.3 is 0 Å². The normalized spacial score (nSPS) is 13.7. The van der Waals surface area contributed by atoms with Crippen LogP contribution in [0.2, 0.25) is 0 Å². The number of ether oxygens (including phenoxy) is 1. The first-order chi connectivity index (χ1) is 6.31. The van der Waals surface area contributed by atoms with Gasteiger partial charge in [-0.1, -0.05) is 15.9 Å². The van der Waals surface area contributed by atoms with Gasteiger partial charge in [-0.05, 0) is 23.8 Å². The van der Waals surface area contributed by atoms with E-state index in [4.69, 9.17) is 4.74 Å². The molecule has 1 aromatic carbocycles. The molecule has 2 rings (SSSR count). The van der Waals surface area contributed by atoms with Gasteiger partial charge in [0.05, 0.1) is 12.1 Å². The lowest BCUT2D eigenvalue weighted by Crippen LogP contribution is -2.13. The zero-order valence-electron chi connectivity index (χ0n) is 7.59. The Morgan fingerprint density at radius 2 is 2.38 bits per heavy atom. The molecule has 2 nitrogen and oxygen atoms in total. The van der Waals surface area contributed by atoms with Gasteiger partial charge in [-0.3, -0.25) is 0 Å². The van der Waals surface area contributed by atoms with E-state index in [2.05, 4.69) is 46.1 Å². The Balaban J connectivity index is 2.30. The minimum Gasteiger partial charge on any atom is -0.493 e. The lowest BCUT2D eigenvalue weighted by atomic mass is 10.1. The van der Waals surface area contributed by atoms with E-state index < -0.39 is 0 Å². The average molecular weight is 242 g/mol. The van der Waals surface area contributed by atoms with Crippen molar-refractivity contribution >= 4 is 21.6 Å². The summed E-state index contributed by atoms with van der Waals surface area (Å²) in [5, 5.41) is 0. The van der Waals surface area contributed by atoms with Gasteiger partial charge in [0, 0.05) is 19.2 Å². The van der Waals surface area contributed by atoms with Crippen LogP contribution >= 0.6 is 15.9 Å². The van der Waals surface area contributed by atoms with Crippen LogP contribution in [0.3, 0.4) is 0 Å². The van der Waals surface area contributed by atoms with Gasteiger partial charge in [-0.15, -0.1) is 0 Å². The number of hydrogen-bond donors (Lipinski definition) is 0. The predicted octanol–water partition coefficient (Wildman–Crippen LogP) is 2.41. The molecule has 1 aromatic rings. The third-order valence-electron chi connectivity index (χ3n) is 2.29. The van der Waals surface area contributed by atoms with Gasteiger partial charge in [0.25, 0.3) is 0 Å². The van der Waals surface area contributed by atoms with Gasteiger partial charge < -0.3 is 9.64 Å². The molecule has 0 bridgehead atoms. The van der Waals surface area contributed by atoms with Crippen molar-refractivity contribution in [3.05, 3.63) is 23.8 Å². The maximum atomic E-state index is 5.44. The topological polar surface area (TPSA) is 12.5 Å². The summed E-state index contributed by atoms with van der Waals surface area (Å²) in [4.78, 5) is 2.15. The lowest BCUT2D eigenvalue weighted by molar-refractivity contribution is 0.357. The van der Waals surface area contributed by atoms with E-state index in [1.807, 2.05) is 0 Å². The highest BCUT2D eigenvalue weighted by Gasteiger charge is 2.12. The van der Waals surface area contributed by atoms with Crippen molar-refractivity contribution in [3.8, 4) is 5.75 Å². The highest BCUT2D eigenvalue weighted by molar-refractivity contribution is 9.09. The Morgan fingerprint density at radius 3 is 3.15 bits per heavy atom. The van der Waals surface area contributed by atoms with E-state index in [9.17, 15) is 0 Å². The summed E-state index contributed by atoms with van der Waals surface area (Å²) < 4.78 is 5.44. The number of halogens is 1. The zero-order chi connectivity index (χ0) is 9.26. The van der Waals surface area contributed by atoms with Crippen LogP contribution in [-0.4, -0.2) is 19.1 Å². The second-order valence-electron chi connectivity index (χ2n) is 3.21. The summed E-state index contributed by atoms with van der Waals surface area (Å²) in [6.45, 7) is 0.830. The lowest BCUT2D eigenvalue weighted by Gasteiger charge is -2.16. The van der Waals surface area contributed by atoms with E-state index in [1.165, 1.54) is 11.3 Å². The fraction of sp³-hybridized carbons (Fsp3) is 0.400. The van der Waals surface area contributed by atoms with Gasteiger partial charge in [0.2, 0.25) is 0 Å². The molecule has 3 heteroatoms. The van der Waals surface area contributed by atoms with Gasteiger partial charge in [-0.2, -0.15) is 0 Å². The molecule has 70 valence electrons. The van der Waals surface area contributed by atoms with E-state index in [0.717, 1.165) is 24.2 Å². The van der Waals surface area contributed by atoms with Gasteiger partial charge in [0.1, 0.15) is 5.75 Å². The molecular formula is C10H12BrNO. The van der Waals surface area contributed by atoms with Crippen LogP contribution in [0.4, 0.5) is 5.69 Å². The van der Waals surface area contributed by atoms with Crippen molar-refractivity contribution in [2.24, 2.45) is 0 Å². The van der Waals surface area contributed by atoms with Gasteiger partial charge in [0.15, 0.2) is 0 Å². The molecule has 0 atom stereocenters. The molecule has 0 radical (unpaired) electrons. The fourth-order valence-electron chi connectivity index (χ4n) is 1.48. The Labute approximate surface area is 86.6 Å². The minimum absolute atomic E-state index is 0.830. The average Bonchev–Trinajstić information content (AvgIpc) is 2.63. The van der Waals surface area contributed by atoms with Crippen molar-refractivity contribution in [1.82, 2.24) is 0 Å². The van der Waals surface area contributed by atoms with E-state index >= 15 is 0 Å². The van der Waals surface area contributed by atoms with Crippen LogP contribution in [0.1, 0.15) is 5.56 Å². The molecule has 1 heterocycles. The van der Waals surface area contributed by atoms with Crippen molar-refractivity contribution in [2.45, 2.75) is 6.42 Å². The minimum atomic E-state index is 0.830. The Kier molecular flexibility index (Phi) is 2.44. The number of benzene rings is 1. The van der Waals surface area contributed by atoms with Crippen molar-refractivity contribution in [2.75, 3.05) is 24.0 Å². The number of anilines is 1. The standard InChI is InChI=1S/C10H12BrNO/c1-12(7-11)9-2-3-10-8(6-9)4-5-13-10/h2-3,6H,4-5,7H2,1H3. The summed E-state index contributed by atoms with van der Waals surface area (Å²) in [6, 6.07) is 6.34. The molecular weight excluding hydrogens is 230 g/mol. The monoisotopic (exact) mass is 241 g/mol. The summed E-state index contributed by atoms with van der Waals surface area (Å²) in [7, 11) is 2.06. The van der Waals surface area contributed by atoms with Gasteiger partial charge in [-0.25, -0.2) is 0 Å². The second-order valence-corrected chi connectivity index (χ2v) is 3.71. The molecule has 1 aliphatic rings. The van der Waals surface area contributed by atoms with E-state index in [0.29, 0.717) is 0 Å².